The zero-order valence-corrected chi connectivity index (χ0v) is 22.2. The zero-order chi connectivity index (χ0) is 27.7. The monoisotopic (exact) mass is 557 g/mol. The molecule has 0 radical (unpaired) electrons. The lowest BCUT2D eigenvalue weighted by Crippen LogP contribution is -2.30. The van der Waals surface area contributed by atoms with Gasteiger partial charge >= 0.3 is 29.2 Å². The minimum absolute atomic E-state index is 0.0135. The van der Waals surface area contributed by atoms with E-state index in [0.29, 0.717) is 0 Å². The number of nitrogens with zero attached hydrogens (tertiary/aromatic N) is 1. The molecule has 0 unspecified atom stereocenters. The third kappa shape index (κ3) is 6.67. The normalized spacial score (nSPS) is 13.1. The van der Waals surface area contributed by atoms with Gasteiger partial charge in [0.05, 0.1) is 18.7 Å². The lowest BCUT2D eigenvalue weighted by atomic mass is 10.1. The van der Waals surface area contributed by atoms with Crippen LogP contribution in [0.25, 0.3) is 10.9 Å². The van der Waals surface area contributed by atoms with Crippen molar-refractivity contribution in [2.75, 3.05) is 13.2 Å². The highest BCUT2D eigenvalue weighted by molar-refractivity contribution is 7.88. The molecular formula is C21H27F3NO9PS. The van der Waals surface area contributed by atoms with Crippen LogP contribution in [-0.4, -0.2) is 49.1 Å². The van der Waals surface area contributed by atoms with Crippen LogP contribution in [0.2, 0.25) is 0 Å². The first kappa shape index (κ1) is 29.8. The van der Waals surface area contributed by atoms with Crippen molar-refractivity contribution in [2.45, 2.75) is 59.2 Å². The molecule has 0 fully saturated rings. The van der Waals surface area contributed by atoms with E-state index >= 15 is 0 Å². The van der Waals surface area contributed by atoms with Gasteiger partial charge in [0, 0.05) is 23.2 Å². The van der Waals surface area contributed by atoms with Crippen molar-refractivity contribution in [1.29, 1.82) is 0 Å². The summed E-state index contributed by atoms with van der Waals surface area (Å²) in [6.45, 7) is 8.07. The maximum Gasteiger partial charge on any atom is 0.534 e. The van der Waals surface area contributed by atoms with Crippen LogP contribution in [0.15, 0.2) is 18.3 Å². The third-order valence-electron chi connectivity index (χ3n) is 4.44. The summed E-state index contributed by atoms with van der Waals surface area (Å²) in [6.07, 6.45) is 1.25. The van der Waals surface area contributed by atoms with Crippen LogP contribution in [0.3, 0.4) is 0 Å². The number of ether oxygens (including phenoxy) is 1. The maximum absolute atomic E-state index is 13.5. The number of Topliss-reactive ketones (excluding diaryl/α,β-unsaturated/α-hetero) is 1. The van der Waals surface area contributed by atoms with Gasteiger partial charge in [0.25, 0.3) is 0 Å². The van der Waals surface area contributed by atoms with Gasteiger partial charge in [-0.2, -0.15) is 21.6 Å². The quantitative estimate of drug-likeness (QED) is 0.138. The highest BCUT2D eigenvalue weighted by atomic mass is 32.2. The zero-order valence-electron chi connectivity index (χ0n) is 20.5. The van der Waals surface area contributed by atoms with E-state index < -0.39 is 58.2 Å². The second kappa shape index (κ2) is 10.5. The number of hydrogen-bond acceptors (Lipinski definition) is 9. The second-order valence-electron chi connectivity index (χ2n) is 8.47. The Morgan fingerprint density at radius 1 is 1.06 bits per heavy atom. The van der Waals surface area contributed by atoms with E-state index in [1.165, 1.54) is 31.5 Å². The number of halogens is 3. The van der Waals surface area contributed by atoms with Crippen LogP contribution in [0, 0.1) is 0 Å². The van der Waals surface area contributed by atoms with E-state index in [1.807, 2.05) is 0 Å². The van der Waals surface area contributed by atoms with Crippen molar-refractivity contribution < 1.29 is 53.7 Å². The Kier molecular flexibility index (Phi) is 8.72. The van der Waals surface area contributed by atoms with Crippen molar-refractivity contribution in [3.05, 3.63) is 23.9 Å². The molecule has 0 bridgehead atoms. The molecule has 1 aromatic heterocycles. The highest BCUT2D eigenvalue weighted by Crippen LogP contribution is 2.50. The van der Waals surface area contributed by atoms with Crippen LogP contribution in [-0.2, 0) is 39.8 Å². The molecule has 2 aromatic rings. The largest absolute Gasteiger partial charge is 0.534 e. The smallest absolute Gasteiger partial charge is 0.459 e. The van der Waals surface area contributed by atoms with E-state index in [-0.39, 0.29) is 29.7 Å². The molecule has 1 aromatic carbocycles. The number of fused-ring (bicyclic) bond motifs is 1. The van der Waals surface area contributed by atoms with Gasteiger partial charge in [-0.1, -0.05) is 0 Å². The summed E-state index contributed by atoms with van der Waals surface area (Å²) in [4.78, 5) is 24.7. The van der Waals surface area contributed by atoms with Crippen molar-refractivity contribution in [3.8, 4) is 5.75 Å². The predicted octanol–water partition coefficient (Wildman–Crippen LogP) is 4.31. The van der Waals surface area contributed by atoms with Gasteiger partial charge in [-0.15, -0.1) is 0 Å². The molecule has 0 saturated carbocycles. The summed E-state index contributed by atoms with van der Waals surface area (Å²) in [5.41, 5.74) is -6.70. The van der Waals surface area contributed by atoms with E-state index in [9.17, 15) is 35.7 Å². The molecule has 0 spiro atoms. The fraction of sp³-hybridized carbons (Fsp3) is 0.524. The van der Waals surface area contributed by atoms with Gasteiger partial charge < -0.3 is 22.5 Å². The average Bonchev–Trinajstić information content (AvgIpc) is 3.02. The summed E-state index contributed by atoms with van der Waals surface area (Å²) < 4.78 is 97.7. The number of carbonyl (C=O) groups excluding carboxylic acids is 2. The Morgan fingerprint density at radius 2 is 1.61 bits per heavy atom. The van der Waals surface area contributed by atoms with Gasteiger partial charge in [-0.25, -0.2) is 0 Å². The van der Waals surface area contributed by atoms with Crippen molar-refractivity contribution in [1.82, 2.24) is 4.57 Å². The fourth-order valence-electron chi connectivity index (χ4n) is 3.19. The topological polar surface area (TPSA) is 127 Å². The molecule has 10 nitrogen and oxygen atoms in total. The Balaban J connectivity index is 2.88. The van der Waals surface area contributed by atoms with Crippen molar-refractivity contribution in [3.63, 3.8) is 0 Å². The second-order valence-corrected chi connectivity index (χ2v) is 12.0. The number of hydrogen-bond donors (Lipinski definition) is 0. The molecule has 0 aliphatic rings. The first-order valence-electron chi connectivity index (χ1n) is 10.6. The molecule has 0 saturated heterocycles. The van der Waals surface area contributed by atoms with Crippen molar-refractivity contribution in [2.24, 2.45) is 0 Å². The van der Waals surface area contributed by atoms with Crippen LogP contribution in [0.4, 0.5) is 13.2 Å². The Bertz CT molecular complexity index is 1300. The average molecular weight is 557 g/mol. The molecule has 0 aliphatic heterocycles. The number of alkyl halides is 3. The number of esters is 1. The molecular weight excluding hydrogens is 530 g/mol. The Morgan fingerprint density at radius 3 is 2.06 bits per heavy atom. The maximum atomic E-state index is 13.5. The van der Waals surface area contributed by atoms with E-state index in [2.05, 4.69) is 4.18 Å². The third-order valence-corrected chi connectivity index (χ3v) is 7.54. The molecule has 0 N–H and O–H groups in total. The summed E-state index contributed by atoms with van der Waals surface area (Å²) >= 11 is 0. The number of benzene rings is 1. The van der Waals surface area contributed by atoms with Gasteiger partial charge in [0.2, 0.25) is 0 Å². The van der Waals surface area contributed by atoms with E-state index in [1.54, 1.807) is 20.8 Å². The van der Waals surface area contributed by atoms with E-state index in [0.717, 1.165) is 12.1 Å². The SMILES string of the molecule is CCOP(=O)(OCC)c1cc2c(C(C)=O)cn(CC(=O)OC(C)(C)C)c2cc1OS(=O)(=O)C(F)(F)F. The summed E-state index contributed by atoms with van der Waals surface area (Å²) in [6, 6.07) is 1.83. The number of carbonyl (C=O) groups is 2. The molecule has 0 aliphatic carbocycles. The lowest BCUT2D eigenvalue weighted by molar-refractivity contribution is -0.155. The van der Waals surface area contributed by atoms with E-state index in [4.69, 9.17) is 13.8 Å². The van der Waals surface area contributed by atoms with Crippen molar-refractivity contribution >= 4 is 45.7 Å². The molecule has 36 heavy (non-hydrogen) atoms. The van der Waals surface area contributed by atoms with Crippen LogP contribution in [0.1, 0.15) is 51.9 Å². The number of rotatable bonds is 10. The first-order chi connectivity index (χ1) is 16.3. The molecule has 2 rings (SSSR count). The fourth-order valence-corrected chi connectivity index (χ4v) is 5.42. The molecule has 15 heteroatoms. The molecule has 0 amide bonds. The van der Waals surface area contributed by atoms with Gasteiger partial charge in [0.15, 0.2) is 11.5 Å². The molecule has 202 valence electrons. The minimum atomic E-state index is -6.20. The molecule has 0 atom stereocenters. The predicted molar refractivity (Wildman–Crippen MR) is 124 cm³/mol. The Hall–Kier alpha value is -2.41. The highest BCUT2D eigenvalue weighted by Gasteiger charge is 2.49. The first-order valence-corrected chi connectivity index (χ1v) is 13.6. The minimum Gasteiger partial charge on any atom is -0.459 e. The summed E-state index contributed by atoms with van der Waals surface area (Å²) in [5.74, 6) is -2.23. The van der Waals surface area contributed by atoms with Crippen LogP contribution in [0.5, 0.6) is 5.75 Å². The molecule has 1 heterocycles. The van der Waals surface area contributed by atoms with Crippen LogP contribution < -0.4 is 9.49 Å². The Labute approximate surface area is 206 Å². The van der Waals surface area contributed by atoms with Gasteiger partial charge in [0.1, 0.15) is 17.5 Å². The standard InChI is InChI=1S/C21H27F3NO9PS/c1-7-31-35(28,32-8-2)18-9-14-15(13(3)26)11-25(12-19(27)33-20(4,5)6)16(14)10-17(18)34-36(29,30)21(22,23)24/h9-11H,7-8,12H2,1-6H3. The number of aromatic nitrogens is 1. The van der Waals surface area contributed by atoms with Gasteiger partial charge in [-0.3, -0.25) is 14.2 Å². The number of ketones is 1. The lowest BCUT2D eigenvalue weighted by Gasteiger charge is -2.21. The van der Waals surface area contributed by atoms with Gasteiger partial charge in [-0.05, 0) is 47.6 Å². The van der Waals surface area contributed by atoms with Crippen LogP contribution >= 0.6 is 7.60 Å². The summed E-state index contributed by atoms with van der Waals surface area (Å²) in [5, 5.41) is -0.582. The summed E-state index contributed by atoms with van der Waals surface area (Å²) in [7, 11) is -10.6.